The molecule has 2 N–H and O–H groups in total. The Morgan fingerprint density at radius 3 is 2.18 bits per heavy atom. The van der Waals surface area contributed by atoms with Crippen LogP contribution in [0.3, 0.4) is 0 Å². The lowest BCUT2D eigenvalue weighted by Crippen LogP contribution is -1.93. The van der Waals surface area contributed by atoms with Gasteiger partial charge in [0.05, 0.1) is 12.5 Å². The lowest BCUT2D eigenvalue weighted by atomic mass is 10.1. The monoisotopic (exact) mass is 254 g/mol. The fraction of sp³-hybridized carbons (Fsp3) is 0.0909. The molecule has 0 fully saturated rings. The van der Waals surface area contributed by atoms with E-state index in [-0.39, 0.29) is 5.75 Å². The molecule has 2 rings (SSSR count). The molecule has 5 nitrogen and oxygen atoms in total. The smallest absolute Gasteiger partial charge is 0.496 e. The van der Waals surface area contributed by atoms with Crippen LogP contribution in [-0.4, -0.2) is 16.9 Å². The molecule has 2 aromatic carbocycles. The van der Waals surface area contributed by atoms with Gasteiger partial charge in [0.15, 0.2) is 0 Å². The van der Waals surface area contributed by atoms with Gasteiger partial charge in [-0.1, -0.05) is 24.3 Å². The van der Waals surface area contributed by atoms with Gasteiger partial charge in [0.25, 0.3) is 0 Å². The second-order valence-corrected chi connectivity index (χ2v) is 4.56. The van der Waals surface area contributed by atoms with Crippen LogP contribution in [-0.2, 0) is 4.57 Å². The fourth-order valence-corrected chi connectivity index (χ4v) is 2.06. The van der Waals surface area contributed by atoms with Crippen LogP contribution in [0.1, 0.15) is 0 Å². The van der Waals surface area contributed by atoms with Crippen molar-refractivity contribution in [1.29, 1.82) is 0 Å². The predicted octanol–water partition coefficient (Wildman–Crippen LogP) is 2.32. The number of fused-ring (bicyclic) bond motifs is 1. The normalized spacial score (nSPS) is 11.5. The third-order valence-corrected chi connectivity index (χ3v) is 2.70. The SMILES string of the molecule is COc1cccc2cccc(OP(=O)(O)O)c12. The van der Waals surface area contributed by atoms with Crippen molar-refractivity contribution in [2.24, 2.45) is 0 Å². The highest BCUT2D eigenvalue weighted by atomic mass is 31.2. The highest BCUT2D eigenvalue weighted by Crippen LogP contribution is 2.43. The zero-order valence-corrected chi connectivity index (χ0v) is 9.92. The van der Waals surface area contributed by atoms with Crippen molar-refractivity contribution in [1.82, 2.24) is 0 Å². The molecule has 0 aliphatic rings. The Hall–Kier alpha value is -1.55. The number of hydrogen-bond acceptors (Lipinski definition) is 3. The maximum absolute atomic E-state index is 10.9. The van der Waals surface area contributed by atoms with E-state index in [0.29, 0.717) is 11.1 Å². The molecule has 0 radical (unpaired) electrons. The molecule has 0 unspecified atom stereocenters. The zero-order valence-electron chi connectivity index (χ0n) is 9.03. The quantitative estimate of drug-likeness (QED) is 0.822. The Balaban J connectivity index is 2.66. The van der Waals surface area contributed by atoms with E-state index in [1.807, 2.05) is 12.1 Å². The summed E-state index contributed by atoms with van der Waals surface area (Å²) in [7, 11) is -3.09. The summed E-state index contributed by atoms with van der Waals surface area (Å²) in [6.45, 7) is 0. The van der Waals surface area contributed by atoms with Gasteiger partial charge >= 0.3 is 7.82 Å². The molecule has 0 aromatic heterocycles. The topological polar surface area (TPSA) is 76.0 Å². The van der Waals surface area contributed by atoms with Crippen LogP contribution >= 0.6 is 7.82 Å². The summed E-state index contributed by atoms with van der Waals surface area (Å²) in [5.74, 6) is 0.611. The first kappa shape index (κ1) is 11.9. The molecule has 17 heavy (non-hydrogen) atoms. The van der Waals surface area contributed by atoms with Crippen LogP contribution in [0.5, 0.6) is 11.5 Å². The van der Waals surface area contributed by atoms with E-state index in [1.165, 1.54) is 13.2 Å². The lowest BCUT2D eigenvalue weighted by molar-refractivity contribution is 0.284. The van der Waals surface area contributed by atoms with Gasteiger partial charge < -0.3 is 9.26 Å². The zero-order chi connectivity index (χ0) is 12.5. The van der Waals surface area contributed by atoms with E-state index in [9.17, 15) is 4.57 Å². The first-order valence-electron chi connectivity index (χ1n) is 4.82. The van der Waals surface area contributed by atoms with Gasteiger partial charge in [-0.15, -0.1) is 0 Å². The fourth-order valence-electron chi connectivity index (χ4n) is 1.65. The largest absolute Gasteiger partial charge is 0.524 e. The summed E-state index contributed by atoms with van der Waals surface area (Å²) in [6.07, 6.45) is 0. The summed E-state index contributed by atoms with van der Waals surface area (Å²) >= 11 is 0. The van der Waals surface area contributed by atoms with E-state index in [4.69, 9.17) is 14.5 Å². The van der Waals surface area contributed by atoms with Gasteiger partial charge in [-0.2, -0.15) is 0 Å². The maximum atomic E-state index is 10.9. The Kier molecular flexibility index (Phi) is 3.07. The summed E-state index contributed by atoms with van der Waals surface area (Å²) in [5, 5.41) is 1.33. The average molecular weight is 254 g/mol. The molecule has 0 spiro atoms. The summed E-state index contributed by atoms with van der Waals surface area (Å²) in [5.41, 5.74) is 0. The van der Waals surface area contributed by atoms with Crippen molar-refractivity contribution >= 4 is 18.6 Å². The predicted molar refractivity (Wildman–Crippen MR) is 63.2 cm³/mol. The van der Waals surface area contributed by atoms with Crippen molar-refractivity contribution in [2.75, 3.05) is 7.11 Å². The van der Waals surface area contributed by atoms with Crippen LogP contribution in [0.2, 0.25) is 0 Å². The van der Waals surface area contributed by atoms with Gasteiger partial charge in [-0.25, -0.2) is 4.57 Å². The first-order valence-corrected chi connectivity index (χ1v) is 6.35. The molecule has 0 saturated carbocycles. The molecule has 6 heteroatoms. The van der Waals surface area contributed by atoms with Crippen molar-refractivity contribution < 1.29 is 23.6 Å². The molecule has 0 saturated heterocycles. The third-order valence-electron chi connectivity index (χ3n) is 2.27. The van der Waals surface area contributed by atoms with Crippen molar-refractivity contribution in [3.05, 3.63) is 36.4 Å². The summed E-state index contributed by atoms with van der Waals surface area (Å²) in [6, 6.07) is 10.3. The number of ether oxygens (including phenoxy) is 1. The minimum absolute atomic E-state index is 0.105. The molecule has 0 bridgehead atoms. The van der Waals surface area contributed by atoms with Crippen LogP contribution < -0.4 is 9.26 Å². The lowest BCUT2D eigenvalue weighted by Gasteiger charge is -2.12. The number of hydrogen-bond donors (Lipinski definition) is 2. The van der Waals surface area contributed by atoms with Crippen LogP contribution in [0.15, 0.2) is 36.4 Å². The number of methoxy groups -OCH3 is 1. The van der Waals surface area contributed by atoms with E-state index in [0.717, 1.165) is 5.39 Å². The Morgan fingerprint density at radius 2 is 1.65 bits per heavy atom. The average Bonchev–Trinajstić information content (AvgIpc) is 2.26. The molecular weight excluding hydrogens is 243 g/mol. The third kappa shape index (κ3) is 2.58. The summed E-state index contributed by atoms with van der Waals surface area (Å²) in [4.78, 5) is 17.7. The second kappa shape index (κ2) is 4.37. The second-order valence-electron chi connectivity index (χ2n) is 3.40. The van der Waals surface area contributed by atoms with Gasteiger partial charge in [0.1, 0.15) is 11.5 Å². The van der Waals surface area contributed by atoms with Crippen LogP contribution in [0, 0.1) is 0 Å². The molecule has 0 heterocycles. The van der Waals surface area contributed by atoms with Crippen LogP contribution in [0.4, 0.5) is 0 Å². The van der Waals surface area contributed by atoms with Crippen molar-refractivity contribution in [3.63, 3.8) is 0 Å². The first-order chi connectivity index (χ1) is 8.01. The van der Waals surface area contributed by atoms with Gasteiger partial charge in [0.2, 0.25) is 0 Å². The molecule has 2 aromatic rings. The van der Waals surface area contributed by atoms with E-state index in [1.54, 1.807) is 18.2 Å². The minimum Gasteiger partial charge on any atom is -0.496 e. The van der Waals surface area contributed by atoms with E-state index >= 15 is 0 Å². The van der Waals surface area contributed by atoms with Gasteiger partial charge in [-0.3, -0.25) is 9.79 Å². The van der Waals surface area contributed by atoms with Crippen molar-refractivity contribution in [3.8, 4) is 11.5 Å². The Morgan fingerprint density at radius 1 is 1.06 bits per heavy atom. The van der Waals surface area contributed by atoms with E-state index < -0.39 is 7.82 Å². The number of benzene rings is 2. The Bertz CT molecular complexity index is 584. The number of rotatable bonds is 3. The van der Waals surface area contributed by atoms with Gasteiger partial charge in [-0.05, 0) is 17.5 Å². The van der Waals surface area contributed by atoms with Gasteiger partial charge in [0, 0.05) is 0 Å². The number of phosphoric acid groups is 1. The summed E-state index contributed by atoms with van der Waals surface area (Å²) < 4.78 is 20.7. The maximum Gasteiger partial charge on any atom is 0.524 e. The van der Waals surface area contributed by atoms with Crippen molar-refractivity contribution in [2.45, 2.75) is 0 Å². The highest BCUT2D eigenvalue weighted by molar-refractivity contribution is 7.46. The molecule has 0 aliphatic heterocycles. The molecule has 0 aliphatic carbocycles. The molecule has 0 amide bonds. The minimum atomic E-state index is -4.58. The van der Waals surface area contributed by atoms with Crippen LogP contribution in [0.25, 0.3) is 10.8 Å². The molecular formula is C11H11O5P. The highest BCUT2D eigenvalue weighted by Gasteiger charge is 2.18. The van der Waals surface area contributed by atoms with E-state index in [2.05, 4.69) is 4.52 Å². The molecule has 90 valence electrons. The molecule has 0 atom stereocenters. The standard InChI is InChI=1S/C11H11O5P/c1-15-9-6-2-4-8-5-3-7-10(11(8)9)16-17(12,13)14/h2-7H,1H3,(H2,12,13,14). The number of phosphoric ester groups is 1. The Labute approximate surface area is 97.8 Å².